The average molecular weight is 242 g/mol. The van der Waals surface area contributed by atoms with Gasteiger partial charge in [-0.1, -0.05) is 11.6 Å². The topological polar surface area (TPSA) is 43.8 Å². The van der Waals surface area contributed by atoms with Gasteiger partial charge in [-0.05, 0) is 18.7 Å². The van der Waals surface area contributed by atoms with Gasteiger partial charge >= 0.3 is 0 Å². The quantitative estimate of drug-likeness (QED) is 0.896. The second-order valence-corrected chi connectivity index (χ2v) is 5.02. The van der Waals surface area contributed by atoms with Gasteiger partial charge in [0.2, 0.25) is 0 Å². The van der Waals surface area contributed by atoms with E-state index in [1.807, 2.05) is 30.1 Å². The lowest BCUT2D eigenvalue weighted by molar-refractivity contribution is 0.739. The van der Waals surface area contributed by atoms with E-state index in [2.05, 4.69) is 5.10 Å². The predicted molar refractivity (Wildman–Crippen MR) is 64.3 cm³/mol. The summed E-state index contributed by atoms with van der Waals surface area (Å²) in [5.74, 6) is 0. The molecule has 2 aromatic rings. The summed E-state index contributed by atoms with van der Waals surface area (Å²) in [6, 6.07) is 3.92. The van der Waals surface area contributed by atoms with Gasteiger partial charge in [-0.15, -0.1) is 11.3 Å². The molecule has 0 amide bonds. The Kier molecular flexibility index (Phi) is 3.09. The summed E-state index contributed by atoms with van der Waals surface area (Å²) in [7, 11) is 1.92. The summed E-state index contributed by atoms with van der Waals surface area (Å²) in [6.07, 6.45) is 2.80. The predicted octanol–water partition coefficient (Wildman–Crippen LogP) is 2.30. The van der Waals surface area contributed by atoms with Crippen molar-refractivity contribution in [3.05, 3.63) is 28.4 Å². The van der Waals surface area contributed by atoms with E-state index in [1.54, 1.807) is 11.3 Å². The van der Waals surface area contributed by atoms with E-state index >= 15 is 0 Å². The molecule has 0 aromatic carbocycles. The second kappa shape index (κ2) is 4.35. The lowest BCUT2D eigenvalue weighted by Crippen LogP contribution is -2.04. The number of nitrogens with zero attached hydrogens (tertiary/aromatic N) is 2. The van der Waals surface area contributed by atoms with E-state index in [4.69, 9.17) is 17.3 Å². The van der Waals surface area contributed by atoms with Crippen LogP contribution in [-0.2, 0) is 13.5 Å². The van der Waals surface area contributed by atoms with Gasteiger partial charge in [-0.25, -0.2) is 0 Å². The molecule has 0 aliphatic carbocycles. The smallest absolute Gasteiger partial charge is 0.0934 e. The monoisotopic (exact) mass is 241 g/mol. The standard InChI is InChI=1S/C10H12ClN3S/c1-14-6-7(8(13-14)4-5-12)9-2-3-10(11)15-9/h2-3,6H,4-5,12H2,1H3. The van der Waals surface area contributed by atoms with Gasteiger partial charge in [0.1, 0.15) is 0 Å². The highest BCUT2D eigenvalue weighted by Crippen LogP contribution is 2.32. The van der Waals surface area contributed by atoms with Gasteiger partial charge < -0.3 is 5.73 Å². The van der Waals surface area contributed by atoms with Gasteiger partial charge in [0, 0.05) is 30.1 Å². The van der Waals surface area contributed by atoms with Crippen LogP contribution in [0.15, 0.2) is 18.3 Å². The van der Waals surface area contributed by atoms with Crippen molar-refractivity contribution < 1.29 is 0 Å². The molecule has 2 rings (SSSR count). The number of hydrogen-bond donors (Lipinski definition) is 1. The summed E-state index contributed by atoms with van der Waals surface area (Å²) in [5, 5.41) is 4.39. The minimum absolute atomic E-state index is 0.614. The zero-order valence-electron chi connectivity index (χ0n) is 8.40. The molecule has 0 atom stereocenters. The maximum Gasteiger partial charge on any atom is 0.0934 e. The number of nitrogens with two attached hydrogens (primary N) is 1. The molecule has 0 aliphatic heterocycles. The Bertz CT molecular complexity index is 461. The zero-order valence-corrected chi connectivity index (χ0v) is 9.98. The van der Waals surface area contributed by atoms with E-state index in [-0.39, 0.29) is 0 Å². The third kappa shape index (κ3) is 2.22. The van der Waals surface area contributed by atoms with Gasteiger partial charge in [-0.3, -0.25) is 4.68 Å². The van der Waals surface area contributed by atoms with Crippen LogP contribution in [0.25, 0.3) is 10.4 Å². The van der Waals surface area contributed by atoms with Crippen LogP contribution < -0.4 is 5.73 Å². The van der Waals surface area contributed by atoms with Crippen LogP contribution in [0.1, 0.15) is 5.69 Å². The molecule has 2 aromatic heterocycles. The zero-order chi connectivity index (χ0) is 10.8. The number of halogens is 1. The third-order valence-electron chi connectivity index (χ3n) is 2.13. The Morgan fingerprint density at radius 2 is 2.33 bits per heavy atom. The number of thiophene rings is 1. The first-order valence-corrected chi connectivity index (χ1v) is 5.88. The van der Waals surface area contributed by atoms with Gasteiger partial charge in [0.15, 0.2) is 0 Å². The number of hydrogen-bond acceptors (Lipinski definition) is 3. The van der Waals surface area contributed by atoms with Crippen molar-refractivity contribution in [3.63, 3.8) is 0 Å². The molecule has 2 N–H and O–H groups in total. The van der Waals surface area contributed by atoms with Crippen LogP contribution in [0, 0.1) is 0 Å². The van der Waals surface area contributed by atoms with E-state index in [1.165, 1.54) is 0 Å². The van der Waals surface area contributed by atoms with Crippen LogP contribution in [0.2, 0.25) is 4.34 Å². The lowest BCUT2D eigenvalue weighted by Gasteiger charge is -1.96. The second-order valence-electron chi connectivity index (χ2n) is 3.31. The van der Waals surface area contributed by atoms with Crippen molar-refractivity contribution in [2.24, 2.45) is 12.8 Å². The van der Waals surface area contributed by atoms with E-state index in [0.29, 0.717) is 6.54 Å². The first-order chi connectivity index (χ1) is 7.20. The molecule has 0 saturated heterocycles. The fourth-order valence-corrected chi connectivity index (χ4v) is 2.60. The first-order valence-electron chi connectivity index (χ1n) is 4.69. The number of rotatable bonds is 3. The Morgan fingerprint density at radius 3 is 2.93 bits per heavy atom. The van der Waals surface area contributed by atoms with Crippen LogP contribution in [0.5, 0.6) is 0 Å². The Balaban J connectivity index is 2.42. The first kappa shape index (κ1) is 10.7. The largest absolute Gasteiger partial charge is 0.330 e. The summed E-state index contributed by atoms with van der Waals surface area (Å²) < 4.78 is 2.61. The maximum absolute atomic E-state index is 5.91. The van der Waals surface area contributed by atoms with Crippen LogP contribution in [0.3, 0.4) is 0 Å². The average Bonchev–Trinajstić information content (AvgIpc) is 2.73. The summed E-state index contributed by atoms with van der Waals surface area (Å²) in [5.41, 5.74) is 7.73. The van der Waals surface area contributed by atoms with Gasteiger partial charge in [-0.2, -0.15) is 5.10 Å². The lowest BCUT2D eigenvalue weighted by atomic mass is 10.2. The molecule has 15 heavy (non-hydrogen) atoms. The molecule has 0 radical (unpaired) electrons. The Morgan fingerprint density at radius 1 is 1.53 bits per heavy atom. The normalized spacial score (nSPS) is 10.9. The van der Waals surface area contributed by atoms with E-state index in [0.717, 1.165) is 26.9 Å². The summed E-state index contributed by atoms with van der Waals surface area (Å²) in [6.45, 7) is 0.614. The number of aromatic nitrogens is 2. The molecule has 0 unspecified atom stereocenters. The van der Waals surface area contributed by atoms with E-state index < -0.39 is 0 Å². The van der Waals surface area contributed by atoms with Crippen molar-refractivity contribution in [1.82, 2.24) is 9.78 Å². The minimum Gasteiger partial charge on any atom is -0.330 e. The molecular formula is C10H12ClN3S. The van der Waals surface area contributed by atoms with Crippen molar-refractivity contribution in [1.29, 1.82) is 0 Å². The molecule has 3 nitrogen and oxygen atoms in total. The SMILES string of the molecule is Cn1cc(-c2ccc(Cl)s2)c(CCN)n1. The summed E-state index contributed by atoms with van der Waals surface area (Å²) in [4.78, 5) is 1.15. The molecule has 0 aliphatic rings. The van der Waals surface area contributed by atoms with Crippen molar-refractivity contribution in [2.45, 2.75) is 6.42 Å². The molecule has 0 spiro atoms. The maximum atomic E-state index is 5.91. The molecular weight excluding hydrogens is 230 g/mol. The fourth-order valence-electron chi connectivity index (χ4n) is 1.52. The van der Waals surface area contributed by atoms with Crippen LogP contribution in [0.4, 0.5) is 0 Å². The third-order valence-corrected chi connectivity index (χ3v) is 3.39. The highest BCUT2D eigenvalue weighted by Gasteiger charge is 2.10. The van der Waals surface area contributed by atoms with Gasteiger partial charge in [0.25, 0.3) is 0 Å². The van der Waals surface area contributed by atoms with Gasteiger partial charge in [0.05, 0.1) is 10.0 Å². The highest BCUT2D eigenvalue weighted by molar-refractivity contribution is 7.19. The van der Waals surface area contributed by atoms with Crippen molar-refractivity contribution >= 4 is 22.9 Å². The van der Waals surface area contributed by atoms with Crippen molar-refractivity contribution in [3.8, 4) is 10.4 Å². The molecule has 5 heteroatoms. The fraction of sp³-hybridized carbons (Fsp3) is 0.300. The summed E-state index contributed by atoms with van der Waals surface area (Å²) >= 11 is 7.48. The molecule has 0 fully saturated rings. The minimum atomic E-state index is 0.614. The Labute approximate surface area is 97.5 Å². The molecule has 0 bridgehead atoms. The number of aryl methyl sites for hydroxylation is 1. The molecule has 80 valence electrons. The molecule has 2 heterocycles. The molecule has 0 saturated carbocycles. The highest BCUT2D eigenvalue weighted by atomic mass is 35.5. The van der Waals surface area contributed by atoms with Crippen molar-refractivity contribution in [2.75, 3.05) is 6.54 Å². The Hall–Kier alpha value is -0.840. The van der Waals surface area contributed by atoms with Crippen LogP contribution in [-0.4, -0.2) is 16.3 Å². The van der Waals surface area contributed by atoms with Crippen LogP contribution >= 0.6 is 22.9 Å². The van der Waals surface area contributed by atoms with E-state index in [9.17, 15) is 0 Å².